The summed E-state index contributed by atoms with van der Waals surface area (Å²) in [5, 5.41) is 5.42. The first kappa shape index (κ1) is 14.3. The SMILES string of the molecule is CC(C)Oc1ccc(CNC(=O)[C@H]2CCC(=O)N2)cn1. The molecule has 2 rings (SSSR count). The second kappa shape index (κ2) is 6.36. The van der Waals surface area contributed by atoms with E-state index in [1.54, 1.807) is 12.3 Å². The Balaban J connectivity index is 1.81. The van der Waals surface area contributed by atoms with Crippen LogP contribution in [0, 0.1) is 0 Å². The lowest BCUT2D eigenvalue weighted by atomic mass is 10.2. The smallest absolute Gasteiger partial charge is 0.242 e. The normalized spacial score (nSPS) is 17.9. The van der Waals surface area contributed by atoms with Crippen LogP contribution in [0.1, 0.15) is 32.3 Å². The lowest BCUT2D eigenvalue weighted by molar-refractivity contribution is -0.125. The van der Waals surface area contributed by atoms with Crippen LogP contribution in [0.15, 0.2) is 18.3 Å². The van der Waals surface area contributed by atoms with Crippen molar-refractivity contribution in [3.05, 3.63) is 23.9 Å². The Hall–Kier alpha value is -2.11. The van der Waals surface area contributed by atoms with Gasteiger partial charge in [-0.2, -0.15) is 0 Å². The van der Waals surface area contributed by atoms with E-state index in [4.69, 9.17) is 4.74 Å². The number of carbonyl (C=O) groups is 2. The minimum atomic E-state index is -0.404. The third kappa shape index (κ3) is 3.94. The number of ether oxygens (including phenoxy) is 1. The fourth-order valence-electron chi connectivity index (χ4n) is 1.95. The van der Waals surface area contributed by atoms with Crippen molar-refractivity contribution in [2.24, 2.45) is 0 Å². The van der Waals surface area contributed by atoms with Crippen LogP contribution in [-0.2, 0) is 16.1 Å². The number of amides is 2. The van der Waals surface area contributed by atoms with E-state index in [0.717, 1.165) is 5.56 Å². The zero-order valence-corrected chi connectivity index (χ0v) is 11.7. The first-order valence-electron chi connectivity index (χ1n) is 6.73. The van der Waals surface area contributed by atoms with E-state index in [1.165, 1.54) is 0 Å². The molecule has 0 spiro atoms. The molecule has 1 aromatic heterocycles. The molecule has 1 aliphatic rings. The Morgan fingerprint density at radius 2 is 2.35 bits per heavy atom. The van der Waals surface area contributed by atoms with Gasteiger partial charge in [-0.15, -0.1) is 0 Å². The lowest BCUT2D eigenvalue weighted by Gasteiger charge is -2.11. The summed E-state index contributed by atoms with van der Waals surface area (Å²) in [5.41, 5.74) is 0.888. The van der Waals surface area contributed by atoms with Gasteiger partial charge in [0.15, 0.2) is 0 Å². The number of nitrogens with zero attached hydrogens (tertiary/aromatic N) is 1. The molecular weight excluding hydrogens is 258 g/mol. The molecule has 0 saturated carbocycles. The highest BCUT2D eigenvalue weighted by atomic mass is 16.5. The molecular formula is C14H19N3O3. The molecule has 6 heteroatoms. The molecule has 0 unspecified atom stereocenters. The Kier molecular flexibility index (Phi) is 4.55. The number of rotatable bonds is 5. The molecule has 1 atom stereocenters. The molecule has 2 N–H and O–H groups in total. The molecule has 0 bridgehead atoms. The first-order valence-corrected chi connectivity index (χ1v) is 6.73. The predicted octanol–water partition coefficient (Wildman–Crippen LogP) is 0.764. The van der Waals surface area contributed by atoms with Gasteiger partial charge in [0, 0.05) is 25.2 Å². The van der Waals surface area contributed by atoms with Crippen LogP contribution in [0.5, 0.6) is 5.88 Å². The zero-order chi connectivity index (χ0) is 14.5. The van der Waals surface area contributed by atoms with E-state index < -0.39 is 6.04 Å². The van der Waals surface area contributed by atoms with Gasteiger partial charge >= 0.3 is 0 Å². The van der Waals surface area contributed by atoms with E-state index >= 15 is 0 Å². The minimum absolute atomic E-state index is 0.0676. The maximum atomic E-state index is 11.8. The van der Waals surface area contributed by atoms with Gasteiger partial charge in [0.25, 0.3) is 0 Å². The van der Waals surface area contributed by atoms with Crippen LogP contribution < -0.4 is 15.4 Å². The summed E-state index contributed by atoms with van der Waals surface area (Å²) in [7, 11) is 0. The number of hydrogen-bond donors (Lipinski definition) is 2. The maximum absolute atomic E-state index is 11.8. The molecule has 108 valence electrons. The number of nitrogens with one attached hydrogen (secondary N) is 2. The van der Waals surface area contributed by atoms with Gasteiger partial charge in [-0.25, -0.2) is 4.98 Å². The number of pyridine rings is 1. The van der Waals surface area contributed by atoms with Crippen LogP contribution in [0.3, 0.4) is 0 Å². The summed E-state index contributed by atoms with van der Waals surface area (Å²) in [4.78, 5) is 27.0. The molecule has 0 aliphatic carbocycles. The maximum Gasteiger partial charge on any atom is 0.242 e. The molecule has 2 heterocycles. The van der Waals surface area contributed by atoms with Crippen molar-refractivity contribution in [2.45, 2.75) is 45.4 Å². The number of carbonyl (C=O) groups excluding carboxylic acids is 2. The summed E-state index contributed by atoms with van der Waals surface area (Å²) >= 11 is 0. The fraction of sp³-hybridized carbons (Fsp3) is 0.500. The average Bonchev–Trinajstić information content (AvgIpc) is 2.84. The van der Waals surface area contributed by atoms with Crippen LogP contribution in [-0.4, -0.2) is 28.9 Å². The largest absolute Gasteiger partial charge is 0.475 e. The second-order valence-electron chi connectivity index (χ2n) is 5.05. The highest BCUT2D eigenvalue weighted by Gasteiger charge is 2.26. The van der Waals surface area contributed by atoms with Gasteiger partial charge in [-0.1, -0.05) is 6.07 Å². The highest BCUT2D eigenvalue weighted by molar-refractivity contribution is 5.90. The molecule has 6 nitrogen and oxygen atoms in total. The molecule has 1 fully saturated rings. The second-order valence-corrected chi connectivity index (χ2v) is 5.05. The van der Waals surface area contributed by atoms with Crippen molar-refractivity contribution in [3.8, 4) is 5.88 Å². The van der Waals surface area contributed by atoms with Crippen molar-refractivity contribution >= 4 is 11.8 Å². The Morgan fingerprint density at radius 3 is 2.90 bits per heavy atom. The fourth-order valence-corrected chi connectivity index (χ4v) is 1.95. The van der Waals surface area contributed by atoms with E-state index in [2.05, 4.69) is 15.6 Å². The first-order chi connectivity index (χ1) is 9.54. The van der Waals surface area contributed by atoms with Gasteiger partial charge < -0.3 is 15.4 Å². The summed E-state index contributed by atoms with van der Waals surface area (Å²) < 4.78 is 5.44. The van der Waals surface area contributed by atoms with Crippen LogP contribution in [0.25, 0.3) is 0 Å². The van der Waals surface area contributed by atoms with Crippen molar-refractivity contribution in [3.63, 3.8) is 0 Å². The van der Waals surface area contributed by atoms with Crippen molar-refractivity contribution in [2.75, 3.05) is 0 Å². The predicted molar refractivity (Wildman–Crippen MR) is 73.0 cm³/mol. The van der Waals surface area contributed by atoms with E-state index in [-0.39, 0.29) is 17.9 Å². The molecule has 1 aliphatic heterocycles. The number of aromatic nitrogens is 1. The molecule has 20 heavy (non-hydrogen) atoms. The van der Waals surface area contributed by atoms with Gasteiger partial charge in [0.2, 0.25) is 17.7 Å². The monoisotopic (exact) mass is 277 g/mol. The summed E-state index contributed by atoms with van der Waals surface area (Å²) in [5.74, 6) is 0.346. The van der Waals surface area contributed by atoms with Crippen molar-refractivity contribution in [1.82, 2.24) is 15.6 Å². The number of hydrogen-bond acceptors (Lipinski definition) is 4. The van der Waals surface area contributed by atoms with Gasteiger partial charge in [-0.05, 0) is 25.8 Å². The van der Waals surface area contributed by atoms with Gasteiger partial charge in [-0.3, -0.25) is 9.59 Å². The molecule has 0 radical (unpaired) electrons. The molecule has 0 aromatic carbocycles. The third-order valence-corrected chi connectivity index (χ3v) is 2.93. The molecule has 2 amide bonds. The van der Waals surface area contributed by atoms with E-state index in [0.29, 0.717) is 25.3 Å². The standard InChI is InChI=1S/C14H19N3O3/c1-9(2)20-13-6-3-10(7-15-13)8-16-14(19)11-4-5-12(18)17-11/h3,6-7,9,11H,4-5,8H2,1-2H3,(H,16,19)(H,17,18)/t11-/m1/s1. The minimum Gasteiger partial charge on any atom is -0.475 e. The summed E-state index contributed by atoms with van der Waals surface area (Å²) in [6, 6.07) is 3.23. The Bertz CT molecular complexity index is 485. The van der Waals surface area contributed by atoms with Crippen molar-refractivity contribution in [1.29, 1.82) is 0 Å². The van der Waals surface area contributed by atoms with Gasteiger partial charge in [0.1, 0.15) is 6.04 Å². The molecule has 1 aromatic rings. The third-order valence-electron chi connectivity index (χ3n) is 2.93. The summed E-state index contributed by atoms with van der Waals surface area (Å²) in [6.45, 7) is 4.26. The van der Waals surface area contributed by atoms with Crippen LogP contribution >= 0.6 is 0 Å². The van der Waals surface area contributed by atoms with Crippen LogP contribution in [0.4, 0.5) is 0 Å². The Morgan fingerprint density at radius 1 is 1.55 bits per heavy atom. The lowest BCUT2D eigenvalue weighted by Crippen LogP contribution is -2.41. The zero-order valence-electron chi connectivity index (χ0n) is 11.7. The Labute approximate surface area is 117 Å². The highest BCUT2D eigenvalue weighted by Crippen LogP contribution is 2.10. The van der Waals surface area contributed by atoms with Crippen LogP contribution in [0.2, 0.25) is 0 Å². The molecule has 1 saturated heterocycles. The summed E-state index contributed by atoms with van der Waals surface area (Å²) in [6.07, 6.45) is 2.73. The van der Waals surface area contributed by atoms with E-state index in [1.807, 2.05) is 19.9 Å². The quantitative estimate of drug-likeness (QED) is 0.833. The van der Waals surface area contributed by atoms with E-state index in [9.17, 15) is 9.59 Å². The van der Waals surface area contributed by atoms with Crippen molar-refractivity contribution < 1.29 is 14.3 Å². The topological polar surface area (TPSA) is 80.3 Å². The average molecular weight is 277 g/mol. The van der Waals surface area contributed by atoms with Gasteiger partial charge in [0.05, 0.1) is 6.10 Å².